The molecule has 0 heterocycles. The number of alkyl halides is 2. The van der Waals surface area contributed by atoms with Gasteiger partial charge in [-0.15, -0.1) is 0 Å². The molecule has 0 aliphatic heterocycles. The highest BCUT2D eigenvalue weighted by atomic mass is 79.9. The Morgan fingerprint density at radius 1 is 1.67 bits per heavy atom. The van der Waals surface area contributed by atoms with Gasteiger partial charge < -0.3 is 4.74 Å². The van der Waals surface area contributed by atoms with E-state index in [9.17, 15) is 14.9 Å². The molecule has 0 saturated carbocycles. The zero-order valence-corrected chi connectivity index (χ0v) is 9.42. The molecule has 0 saturated heterocycles. The highest BCUT2D eigenvalue weighted by molar-refractivity contribution is 9.25. The predicted molar refractivity (Wildman–Crippen MR) is 48.8 cm³/mol. The molecule has 0 fully saturated rings. The molecule has 0 atom stereocenters. The molecule has 0 unspecified atom stereocenters. The summed E-state index contributed by atoms with van der Waals surface area (Å²) in [5, 5.41) is 10.0. The second-order valence-corrected chi connectivity index (χ2v) is 5.58. The molecule has 5 nitrogen and oxygen atoms in total. The van der Waals surface area contributed by atoms with E-state index in [1.165, 1.54) is 0 Å². The van der Waals surface area contributed by atoms with Crippen LogP contribution in [0.4, 0.5) is 0 Å². The maximum Gasteiger partial charge on any atom is 0.307 e. The van der Waals surface area contributed by atoms with Crippen LogP contribution in [0.25, 0.3) is 0 Å². The number of carbonyl (C=O) groups excluding carboxylic acids is 1. The van der Waals surface area contributed by atoms with Crippen LogP contribution in [0.1, 0.15) is 13.3 Å². The van der Waals surface area contributed by atoms with Gasteiger partial charge in [-0.3, -0.25) is 14.9 Å². The van der Waals surface area contributed by atoms with E-state index in [1.54, 1.807) is 6.92 Å². The second kappa shape index (κ2) is 4.76. The molecule has 0 aromatic carbocycles. The molecule has 0 aromatic heterocycles. The van der Waals surface area contributed by atoms with E-state index in [4.69, 9.17) is 0 Å². The van der Waals surface area contributed by atoms with Crippen molar-refractivity contribution in [3.05, 3.63) is 10.1 Å². The molecule has 70 valence electrons. The lowest BCUT2D eigenvalue weighted by Gasteiger charge is -2.15. The Kier molecular flexibility index (Phi) is 4.69. The van der Waals surface area contributed by atoms with Crippen molar-refractivity contribution in [1.82, 2.24) is 0 Å². The quantitative estimate of drug-likeness (QED) is 0.343. The van der Waals surface area contributed by atoms with Crippen molar-refractivity contribution in [2.45, 2.75) is 16.8 Å². The largest absolute Gasteiger partial charge is 0.430 e. The lowest BCUT2D eigenvalue weighted by molar-refractivity contribution is -0.486. The van der Waals surface area contributed by atoms with E-state index in [1.807, 2.05) is 0 Å². The summed E-state index contributed by atoms with van der Waals surface area (Å²) in [5.41, 5.74) is 0. The van der Waals surface area contributed by atoms with Gasteiger partial charge in [-0.05, 0) is 31.9 Å². The van der Waals surface area contributed by atoms with Crippen LogP contribution in [0.5, 0.6) is 0 Å². The van der Waals surface area contributed by atoms with Crippen molar-refractivity contribution >= 4 is 37.8 Å². The summed E-state index contributed by atoms with van der Waals surface area (Å²) in [4.78, 5) is 20.2. The van der Waals surface area contributed by atoms with Gasteiger partial charge in [-0.2, -0.15) is 0 Å². The summed E-state index contributed by atoms with van der Waals surface area (Å²) >= 11 is 5.71. The monoisotopic (exact) mass is 303 g/mol. The van der Waals surface area contributed by atoms with Crippen LogP contribution in [0, 0.1) is 10.1 Å². The first kappa shape index (κ1) is 11.8. The van der Waals surface area contributed by atoms with Gasteiger partial charge in [0.05, 0.1) is 0 Å². The molecule has 0 aliphatic carbocycles. The lowest BCUT2D eigenvalue weighted by Crippen LogP contribution is -2.29. The third kappa shape index (κ3) is 5.48. The SMILES string of the molecule is CCC(=O)OC(Br)(Br)C[N+](=O)[O-]. The third-order valence-corrected chi connectivity index (χ3v) is 1.69. The van der Waals surface area contributed by atoms with Crippen LogP contribution in [0.3, 0.4) is 0 Å². The van der Waals surface area contributed by atoms with E-state index in [2.05, 4.69) is 36.6 Å². The molecule has 0 aromatic rings. The first-order valence-corrected chi connectivity index (χ1v) is 4.67. The van der Waals surface area contributed by atoms with Gasteiger partial charge in [0.25, 0.3) is 9.96 Å². The predicted octanol–water partition coefficient (Wildman–Crippen LogP) is 1.66. The first-order valence-electron chi connectivity index (χ1n) is 3.09. The Morgan fingerprint density at radius 3 is 2.50 bits per heavy atom. The fourth-order valence-corrected chi connectivity index (χ4v) is 1.19. The van der Waals surface area contributed by atoms with Crippen molar-refractivity contribution in [3.8, 4) is 0 Å². The van der Waals surface area contributed by atoms with Crippen molar-refractivity contribution in [1.29, 1.82) is 0 Å². The van der Waals surface area contributed by atoms with Gasteiger partial charge in [-0.1, -0.05) is 6.92 Å². The molecule has 0 aliphatic rings. The number of halogens is 2. The van der Waals surface area contributed by atoms with Gasteiger partial charge in [0.1, 0.15) is 0 Å². The van der Waals surface area contributed by atoms with Gasteiger partial charge in [0, 0.05) is 11.3 Å². The highest BCUT2D eigenvalue weighted by Crippen LogP contribution is 2.28. The minimum Gasteiger partial charge on any atom is -0.430 e. The molecule has 0 bridgehead atoms. The van der Waals surface area contributed by atoms with Crippen LogP contribution in [-0.2, 0) is 9.53 Å². The average molecular weight is 305 g/mol. The van der Waals surface area contributed by atoms with E-state index < -0.39 is 20.9 Å². The number of rotatable bonds is 4. The molecule has 12 heavy (non-hydrogen) atoms. The Labute approximate surface area is 85.9 Å². The number of carbonyl (C=O) groups is 1. The number of nitrogens with zero attached hydrogens (tertiary/aromatic N) is 1. The molecular formula is C5H7Br2NO4. The van der Waals surface area contributed by atoms with E-state index in [0.29, 0.717) is 0 Å². The van der Waals surface area contributed by atoms with Gasteiger partial charge in [0.2, 0.25) is 0 Å². The van der Waals surface area contributed by atoms with Crippen LogP contribution in [0.2, 0.25) is 0 Å². The summed E-state index contributed by atoms with van der Waals surface area (Å²) in [7, 11) is 0. The smallest absolute Gasteiger partial charge is 0.307 e. The third-order valence-electron chi connectivity index (χ3n) is 0.865. The Morgan fingerprint density at radius 2 is 2.17 bits per heavy atom. The van der Waals surface area contributed by atoms with Crippen LogP contribution in [-0.4, -0.2) is 20.9 Å². The van der Waals surface area contributed by atoms with E-state index >= 15 is 0 Å². The van der Waals surface area contributed by atoms with Crippen molar-refractivity contribution in [2.75, 3.05) is 6.54 Å². The number of esters is 1. The van der Waals surface area contributed by atoms with E-state index in [0.717, 1.165) is 0 Å². The maximum atomic E-state index is 10.7. The van der Waals surface area contributed by atoms with E-state index in [-0.39, 0.29) is 6.42 Å². The summed E-state index contributed by atoms with van der Waals surface area (Å²) in [6.45, 7) is 1.07. The Hall–Kier alpha value is -0.170. The minimum absolute atomic E-state index is 0.177. The fraction of sp³-hybridized carbons (Fsp3) is 0.800. The maximum absolute atomic E-state index is 10.7. The van der Waals surface area contributed by atoms with Gasteiger partial charge >= 0.3 is 5.97 Å². The fourth-order valence-electron chi connectivity index (χ4n) is 0.421. The number of hydrogen-bond donors (Lipinski definition) is 0. The topological polar surface area (TPSA) is 69.4 Å². The summed E-state index contributed by atoms with van der Waals surface area (Å²) in [6, 6.07) is 0. The zero-order chi connectivity index (χ0) is 9.78. The summed E-state index contributed by atoms with van der Waals surface area (Å²) in [6.07, 6.45) is 0.177. The molecule has 0 radical (unpaired) electrons. The molecule has 0 N–H and O–H groups in total. The molecule has 7 heteroatoms. The normalized spacial score (nSPS) is 10.9. The van der Waals surface area contributed by atoms with Gasteiger partial charge in [-0.25, -0.2) is 0 Å². The number of ether oxygens (including phenoxy) is 1. The molecule has 0 amide bonds. The Bertz CT molecular complexity index is 194. The minimum atomic E-state index is -1.38. The number of hydrogen-bond acceptors (Lipinski definition) is 4. The second-order valence-electron chi connectivity index (χ2n) is 1.96. The zero-order valence-electron chi connectivity index (χ0n) is 6.25. The van der Waals surface area contributed by atoms with Gasteiger partial charge in [0.15, 0.2) is 0 Å². The van der Waals surface area contributed by atoms with Crippen LogP contribution >= 0.6 is 31.9 Å². The standard InChI is InChI=1S/C5H7Br2NO4/c1-2-4(9)12-5(6,7)3-8(10)11/h2-3H2,1H3. The van der Waals surface area contributed by atoms with Crippen molar-refractivity contribution in [3.63, 3.8) is 0 Å². The Balaban J connectivity index is 4.03. The lowest BCUT2D eigenvalue weighted by atomic mass is 10.5. The van der Waals surface area contributed by atoms with Crippen molar-refractivity contribution in [2.24, 2.45) is 0 Å². The summed E-state index contributed by atoms with van der Waals surface area (Å²) < 4.78 is 3.27. The molecular weight excluding hydrogens is 298 g/mol. The first-order chi connectivity index (χ1) is 5.37. The average Bonchev–Trinajstić information content (AvgIpc) is 1.83. The highest BCUT2D eigenvalue weighted by Gasteiger charge is 2.33. The van der Waals surface area contributed by atoms with Crippen molar-refractivity contribution < 1.29 is 14.5 Å². The molecule has 0 rings (SSSR count). The van der Waals surface area contributed by atoms with Crippen LogP contribution < -0.4 is 0 Å². The summed E-state index contributed by atoms with van der Waals surface area (Å²) in [5.74, 6) is -0.509. The molecule has 0 spiro atoms. The van der Waals surface area contributed by atoms with Crippen LogP contribution in [0.15, 0.2) is 0 Å². The number of nitro groups is 1.